The van der Waals surface area contributed by atoms with Crippen molar-refractivity contribution in [3.63, 3.8) is 0 Å². The van der Waals surface area contributed by atoms with Crippen LogP contribution in [0.5, 0.6) is 0 Å². The fraction of sp³-hybridized carbons (Fsp3) is 0.471. The van der Waals surface area contributed by atoms with Crippen molar-refractivity contribution in [3.05, 3.63) is 29.8 Å². The van der Waals surface area contributed by atoms with Crippen molar-refractivity contribution >= 4 is 23.5 Å². The van der Waals surface area contributed by atoms with Crippen molar-refractivity contribution in [2.45, 2.75) is 26.2 Å². The Morgan fingerprint density at radius 3 is 2.61 bits per heavy atom. The van der Waals surface area contributed by atoms with Crippen LogP contribution in [0.4, 0.5) is 5.69 Å². The zero-order valence-electron chi connectivity index (χ0n) is 13.5. The van der Waals surface area contributed by atoms with Gasteiger partial charge in [0, 0.05) is 12.7 Å². The molecule has 1 fully saturated rings. The molecule has 1 aromatic carbocycles. The largest absolute Gasteiger partial charge is 0.455 e. The average molecular weight is 318 g/mol. The summed E-state index contributed by atoms with van der Waals surface area (Å²) in [6, 6.07) is 7.54. The third-order valence-corrected chi connectivity index (χ3v) is 3.73. The van der Waals surface area contributed by atoms with Gasteiger partial charge in [-0.3, -0.25) is 14.4 Å². The van der Waals surface area contributed by atoms with Gasteiger partial charge in [0.05, 0.1) is 12.5 Å². The maximum atomic E-state index is 12.0. The van der Waals surface area contributed by atoms with Crippen molar-refractivity contribution < 1.29 is 19.1 Å². The van der Waals surface area contributed by atoms with Crippen LogP contribution in [-0.2, 0) is 25.5 Å². The van der Waals surface area contributed by atoms with Crippen molar-refractivity contribution in [3.8, 4) is 0 Å². The molecule has 1 N–H and O–H groups in total. The Hall–Kier alpha value is -2.37. The van der Waals surface area contributed by atoms with Gasteiger partial charge in [-0.05, 0) is 30.9 Å². The molecule has 1 aromatic rings. The van der Waals surface area contributed by atoms with Gasteiger partial charge in [0.2, 0.25) is 5.91 Å². The van der Waals surface area contributed by atoms with E-state index in [2.05, 4.69) is 5.32 Å². The maximum absolute atomic E-state index is 12.0. The normalized spacial score (nSPS) is 13.3. The summed E-state index contributed by atoms with van der Waals surface area (Å²) in [6.45, 7) is 1.61. The number of nitrogens with zero attached hydrogens (tertiary/aromatic N) is 1. The first kappa shape index (κ1) is 17.0. The van der Waals surface area contributed by atoms with Crippen LogP contribution in [0.2, 0.25) is 0 Å². The van der Waals surface area contributed by atoms with Crippen LogP contribution in [0.25, 0.3) is 0 Å². The summed E-state index contributed by atoms with van der Waals surface area (Å²) in [6.07, 6.45) is 2.48. The molecule has 1 aliphatic rings. The summed E-state index contributed by atoms with van der Waals surface area (Å²) in [5, 5.41) is 2.80. The first-order valence-electron chi connectivity index (χ1n) is 7.79. The molecule has 0 aromatic heterocycles. The highest BCUT2D eigenvalue weighted by Crippen LogP contribution is 2.29. The highest BCUT2D eigenvalue weighted by molar-refractivity contribution is 5.95. The van der Waals surface area contributed by atoms with E-state index in [0.717, 1.165) is 30.5 Å². The van der Waals surface area contributed by atoms with Gasteiger partial charge in [0.1, 0.15) is 0 Å². The lowest BCUT2D eigenvalue weighted by molar-refractivity contribution is -0.152. The van der Waals surface area contributed by atoms with Crippen LogP contribution in [0.15, 0.2) is 24.3 Å². The second-order valence-electron chi connectivity index (χ2n) is 5.69. The monoisotopic (exact) mass is 318 g/mol. The molecule has 6 nitrogen and oxygen atoms in total. The van der Waals surface area contributed by atoms with Crippen molar-refractivity contribution in [1.82, 2.24) is 4.90 Å². The molecule has 0 aliphatic heterocycles. The first-order valence-corrected chi connectivity index (χ1v) is 7.79. The Balaban J connectivity index is 1.79. The fourth-order valence-electron chi connectivity index (χ4n) is 2.12. The predicted octanol–water partition coefficient (Wildman–Crippen LogP) is 1.60. The lowest BCUT2D eigenvalue weighted by Crippen LogP contribution is -2.37. The number of para-hydroxylation sites is 1. The number of ether oxygens (including phenoxy) is 1. The number of carbonyl (C=O) groups excluding carboxylic acids is 3. The number of hydrogen-bond acceptors (Lipinski definition) is 4. The topological polar surface area (TPSA) is 75.7 Å². The van der Waals surface area contributed by atoms with Gasteiger partial charge in [0.15, 0.2) is 6.61 Å². The number of benzene rings is 1. The second kappa shape index (κ2) is 7.76. The van der Waals surface area contributed by atoms with Gasteiger partial charge in [-0.25, -0.2) is 0 Å². The maximum Gasteiger partial charge on any atom is 0.309 e. The summed E-state index contributed by atoms with van der Waals surface area (Å²) in [7, 11) is 1.51. The Morgan fingerprint density at radius 2 is 1.96 bits per heavy atom. The standard InChI is InChI=1S/C17H22N2O4/c1-3-12-6-4-5-7-14(12)18-15(20)10-19(2)16(21)11-23-17(22)13-8-9-13/h4-7,13H,3,8-11H2,1-2H3,(H,18,20). The SMILES string of the molecule is CCc1ccccc1NC(=O)CN(C)C(=O)COC(=O)C1CC1. The molecule has 1 saturated carbocycles. The lowest BCUT2D eigenvalue weighted by Gasteiger charge is -2.17. The first-order chi connectivity index (χ1) is 11.0. The summed E-state index contributed by atoms with van der Waals surface area (Å²) in [5.74, 6) is -1.04. The molecule has 2 amide bonds. The number of amides is 2. The third-order valence-electron chi connectivity index (χ3n) is 3.73. The van der Waals surface area contributed by atoms with Crippen LogP contribution in [0.1, 0.15) is 25.3 Å². The number of hydrogen-bond donors (Lipinski definition) is 1. The Morgan fingerprint density at radius 1 is 1.26 bits per heavy atom. The van der Waals surface area contributed by atoms with E-state index < -0.39 is 5.91 Å². The molecule has 0 heterocycles. The number of nitrogens with one attached hydrogen (secondary N) is 1. The molecule has 0 atom stereocenters. The van der Waals surface area contributed by atoms with Crippen molar-refractivity contribution in [2.24, 2.45) is 5.92 Å². The minimum absolute atomic E-state index is 0.0399. The van der Waals surface area contributed by atoms with E-state index in [-0.39, 0.29) is 30.9 Å². The van der Waals surface area contributed by atoms with Crippen molar-refractivity contribution in [1.29, 1.82) is 0 Å². The van der Waals surface area contributed by atoms with Gasteiger partial charge in [-0.15, -0.1) is 0 Å². The summed E-state index contributed by atoms with van der Waals surface area (Å²) >= 11 is 0. The minimum atomic E-state index is -0.391. The molecule has 23 heavy (non-hydrogen) atoms. The van der Waals surface area contributed by atoms with E-state index in [1.54, 1.807) is 0 Å². The molecule has 0 saturated heterocycles. The Bertz CT molecular complexity index is 596. The highest BCUT2D eigenvalue weighted by Gasteiger charge is 2.31. The molecule has 0 spiro atoms. The minimum Gasteiger partial charge on any atom is -0.455 e. The molecule has 1 aliphatic carbocycles. The average Bonchev–Trinajstić information content (AvgIpc) is 3.37. The van der Waals surface area contributed by atoms with Gasteiger partial charge < -0.3 is 15.0 Å². The van der Waals surface area contributed by atoms with E-state index in [4.69, 9.17) is 4.74 Å². The summed E-state index contributed by atoms with van der Waals surface area (Å²) < 4.78 is 4.92. The molecular weight excluding hydrogens is 296 g/mol. The predicted molar refractivity (Wildman–Crippen MR) is 85.8 cm³/mol. The molecule has 0 unspecified atom stereocenters. The summed E-state index contributed by atoms with van der Waals surface area (Å²) in [5.41, 5.74) is 1.79. The van der Waals surface area contributed by atoms with Crippen LogP contribution >= 0.6 is 0 Å². The van der Waals surface area contributed by atoms with Gasteiger partial charge in [0.25, 0.3) is 5.91 Å². The number of esters is 1. The zero-order chi connectivity index (χ0) is 16.8. The van der Waals surface area contributed by atoms with Crippen LogP contribution in [0.3, 0.4) is 0 Å². The van der Waals surface area contributed by atoms with E-state index >= 15 is 0 Å². The number of aryl methyl sites for hydroxylation is 1. The van der Waals surface area contributed by atoms with Gasteiger partial charge in [-0.2, -0.15) is 0 Å². The number of likely N-dealkylation sites (N-methyl/N-ethyl adjacent to an activating group) is 1. The highest BCUT2D eigenvalue weighted by atomic mass is 16.5. The number of carbonyl (C=O) groups is 3. The van der Waals surface area contributed by atoms with Crippen molar-refractivity contribution in [2.75, 3.05) is 25.5 Å². The van der Waals surface area contributed by atoms with E-state index in [9.17, 15) is 14.4 Å². The fourth-order valence-corrected chi connectivity index (χ4v) is 2.12. The molecular formula is C17H22N2O4. The quantitative estimate of drug-likeness (QED) is 0.775. The molecule has 0 bridgehead atoms. The lowest BCUT2D eigenvalue weighted by atomic mass is 10.1. The number of anilines is 1. The van der Waals surface area contributed by atoms with E-state index in [0.29, 0.717) is 0 Å². The molecule has 2 rings (SSSR count). The summed E-state index contributed by atoms with van der Waals surface area (Å²) in [4.78, 5) is 36.6. The number of rotatable bonds is 7. The smallest absolute Gasteiger partial charge is 0.309 e. The third kappa shape index (κ3) is 5.09. The van der Waals surface area contributed by atoms with Crippen LogP contribution in [0, 0.1) is 5.92 Å². The van der Waals surface area contributed by atoms with E-state index in [1.807, 2.05) is 31.2 Å². The molecule has 0 radical (unpaired) electrons. The Labute approximate surface area is 135 Å². The second-order valence-corrected chi connectivity index (χ2v) is 5.69. The Kier molecular flexibility index (Phi) is 5.73. The van der Waals surface area contributed by atoms with Crippen LogP contribution in [-0.4, -0.2) is 42.9 Å². The zero-order valence-corrected chi connectivity index (χ0v) is 13.5. The van der Waals surface area contributed by atoms with Crippen LogP contribution < -0.4 is 5.32 Å². The van der Waals surface area contributed by atoms with Gasteiger partial charge in [-0.1, -0.05) is 25.1 Å². The molecule has 6 heteroatoms. The van der Waals surface area contributed by atoms with E-state index in [1.165, 1.54) is 11.9 Å². The molecule has 124 valence electrons. The van der Waals surface area contributed by atoms with Gasteiger partial charge >= 0.3 is 5.97 Å².